The predicted octanol–water partition coefficient (Wildman–Crippen LogP) is 4.08. The van der Waals surface area contributed by atoms with Crippen LogP contribution in [-0.4, -0.2) is 42.8 Å². The maximum absolute atomic E-state index is 12.5. The SMILES string of the molecule is CCOC(=O)NC1CCCN(C(=O)NCc2ccc(-c3cccc(C)c3)cc2)C1. The first-order valence-corrected chi connectivity index (χ1v) is 10.2. The maximum Gasteiger partial charge on any atom is 0.407 e. The zero-order valence-electron chi connectivity index (χ0n) is 17.1. The summed E-state index contributed by atoms with van der Waals surface area (Å²) < 4.78 is 4.92. The molecular formula is C23H29N3O3. The van der Waals surface area contributed by atoms with Crippen LogP contribution in [0, 0.1) is 6.92 Å². The number of nitrogens with zero attached hydrogens (tertiary/aromatic N) is 1. The molecule has 1 fully saturated rings. The number of likely N-dealkylation sites (tertiary alicyclic amines) is 1. The highest BCUT2D eigenvalue weighted by Crippen LogP contribution is 2.21. The molecule has 154 valence electrons. The number of rotatable bonds is 5. The van der Waals surface area contributed by atoms with Crippen molar-refractivity contribution in [2.24, 2.45) is 0 Å². The molecule has 3 rings (SSSR count). The summed E-state index contributed by atoms with van der Waals surface area (Å²) in [5.41, 5.74) is 4.63. The second kappa shape index (κ2) is 9.96. The fraction of sp³-hybridized carbons (Fsp3) is 0.391. The number of hydrogen-bond acceptors (Lipinski definition) is 3. The number of carbonyl (C=O) groups excluding carboxylic acids is 2. The number of nitrogens with one attached hydrogen (secondary N) is 2. The van der Waals surface area contributed by atoms with E-state index >= 15 is 0 Å². The van der Waals surface area contributed by atoms with E-state index in [0.29, 0.717) is 26.2 Å². The van der Waals surface area contributed by atoms with E-state index in [-0.39, 0.29) is 12.1 Å². The van der Waals surface area contributed by atoms with E-state index in [1.807, 2.05) is 12.1 Å². The highest BCUT2D eigenvalue weighted by Gasteiger charge is 2.24. The molecule has 0 saturated carbocycles. The summed E-state index contributed by atoms with van der Waals surface area (Å²) in [6, 6.07) is 16.5. The van der Waals surface area contributed by atoms with Gasteiger partial charge in [0.1, 0.15) is 0 Å². The van der Waals surface area contributed by atoms with Crippen LogP contribution in [0.3, 0.4) is 0 Å². The Bertz CT molecular complexity index is 836. The van der Waals surface area contributed by atoms with Crippen LogP contribution in [-0.2, 0) is 11.3 Å². The first kappa shape index (κ1) is 20.7. The Morgan fingerprint density at radius 2 is 1.93 bits per heavy atom. The quantitative estimate of drug-likeness (QED) is 0.801. The van der Waals surface area contributed by atoms with E-state index in [9.17, 15) is 9.59 Å². The third kappa shape index (κ3) is 5.98. The summed E-state index contributed by atoms with van der Waals surface area (Å²) >= 11 is 0. The number of alkyl carbamates (subject to hydrolysis) is 1. The molecule has 3 amide bonds. The van der Waals surface area contributed by atoms with Crippen molar-refractivity contribution in [1.29, 1.82) is 0 Å². The van der Waals surface area contributed by atoms with Crippen LogP contribution in [0.15, 0.2) is 48.5 Å². The Morgan fingerprint density at radius 3 is 2.66 bits per heavy atom. The number of urea groups is 1. The lowest BCUT2D eigenvalue weighted by Gasteiger charge is -2.32. The smallest absolute Gasteiger partial charge is 0.407 e. The standard InChI is InChI=1S/C23H29N3O3/c1-3-29-23(28)25-21-8-5-13-26(16-21)22(27)24-15-18-9-11-19(12-10-18)20-7-4-6-17(2)14-20/h4,6-7,9-12,14,21H,3,5,8,13,15-16H2,1-2H3,(H,24,27)(H,25,28). The summed E-state index contributed by atoms with van der Waals surface area (Å²) in [5, 5.41) is 5.80. The minimum Gasteiger partial charge on any atom is -0.450 e. The van der Waals surface area contributed by atoms with Gasteiger partial charge in [-0.05, 0) is 43.4 Å². The van der Waals surface area contributed by atoms with Crippen LogP contribution < -0.4 is 10.6 Å². The van der Waals surface area contributed by atoms with Gasteiger partial charge in [0.2, 0.25) is 0 Å². The van der Waals surface area contributed by atoms with Gasteiger partial charge in [-0.25, -0.2) is 9.59 Å². The van der Waals surface area contributed by atoms with E-state index in [0.717, 1.165) is 24.0 Å². The van der Waals surface area contributed by atoms with Crippen molar-refractivity contribution in [3.63, 3.8) is 0 Å². The molecule has 1 aliphatic rings. The second-order valence-corrected chi connectivity index (χ2v) is 7.38. The monoisotopic (exact) mass is 395 g/mol. The van der Waals surface area contributed by atoms with Crippen molar-refractivity contribution in [2.75, 3.05) is 19.7 Å². The summed E-state index contributed by atoms with van der Waals surface area (Å²) in [7, 11) is 0. The molecule has 1 heterocycles. The van der Waals surface area contributed by atoms with Gasteiger partial charge in [0.15, 0.2) is 0 Å². The van der Waals surface area contributed by atoms with Gasteiger partial charge in [0.05, 0.1) is 6.61 Å². The average Bonchev–Trinajstić information content (AvgIpc) is 2.73. The Balaban J connectivity index is 1.50. The molecule has 0 radical (unpaired) electrons. The molecule has 29 heavy (non-hydrogen) atoms. The summed E-state index contributed by atoms with van der Waals surface area (Å²) in [4.78, 5) is 25.9. The number of piperidine rings is 1. The third-order valence-corrected chi connectivity index (χ3v) is 5.06. The van der Waals surface area contributed by atoms with Crippen LogP contribution in [0.2, 0.25) is 0 Å². The van der Waals surface area contributed by atoms with Gasteiger partial charge in [0.25, 0.3) is 0 Å². The van der Waals surface area contributed by atoms with Crippen molar-refractivity contribution < 1.29 is 14.3 Å². The summed E-state index contributed by atoms with van der Waals surface area (Å²) in [6.07, 6.45) is 1.28. The number of benzene rings is 2. The topological polar surface area (TPSA) is 70.7 Å². The largest absolute Gasteiger partial charge is 0.450 e. The number of ether oxygens (including phenoxy) is 1. The molecule has 1 saturated heterocycles. The molecule has 0 aliphatic carbocycles. The van der Waals surface area contributed by atoms with E-state index in [4.69, 9.17) is 4.74 Å². The van der Waals surface area contributed by atoms with Crippen molar-refractivity contribution in [3.8, 4) is 11.1 Å². The molecule has 0 bridgehead atoms. The van der Waals surface area contributed by atoms with Gasteiger partial charge >= 0.3 is 12.1 Å². The summed E-state index contributed by atoms with van der Waals surface area (Å²) in [5.74, 6) is 0. The van der Waals surface area contributed by atoms with E-state index < -0.39 is 6.09 Å². The zero-order chi connectivity index (χ0) is 20.6. The van der Waals surface area contributed by atoms with E-state index in [1.165, 1.54) is 11.1 Å². The molecule has 6 heteroatoms. The molecule has 1 atom stereocenters. The lowest BCUT2D eigenvalue weighted by Crippen LogP contribution is -2.52. The lowest BCUT2D eigenvalue weighted by molar-refractivity contribution is 0.135. The number of carbonyl (C=O) groups is 2. The molecule has 2 N–H and O–H groups in total. The number of hydrogen-bond donors (Lipinski definition) is 2. The van der Waals surface area contributed by atoms with Crippen molar-refractivity contribution in [1.82, 2.24) is 15.5 Å². The second-order valence-electron chi connectivity index (χ2n) is 7.38. The normalized spacial score (nSPS) is 16.2. The third-order valence-electron chi connectivity index (χ3n) is 5.06. The Labute approximate surface area is 172 Å². The van der Waals surface area contributed by atoms with Crippen molar-refractivity contribution in [2.45, 2.75) is 39.3 Å². The fourth-order valence-corrected chi connectivity index (χ4v) is 3.55. The van der Waals surface area contributed by atoms with E-state index in [2.05, 4.69) is 54.0 Å². The van der Waals surface area contributed by atoms with E-state index in [1.54, 1.807) is 11.8 Å². The van der Waals surface area contributed by atoms with Crippen LogP contribution >= 0.6 is 0 Å². The molecule has 1 aliphatic heterocycles. The van der Waals surface area contributed by atoms with Crippen molar-refractivity contribution >= 4 is 12.1 Å². The fourth-order valence-electron chi connectivity index (χ4n) is 3.55. The van der Waals surface area contributed by atoms with Gasteiger partial charge in [-0.3, -0.25) is 0 Å². The van der Waals surface area contributed by atoms with Gasteiger partial charge < -0.3 is 20.3 Å². The highest BCUT2D eigenvalue weighted by molar-refractivity contribution is 5.74. The van der Waals surface area contributed by atoms with Crippen LogP contribution in [0.4, 0.5) is 9.59 Å². The Morgan fingerprint density at radius 1 is 1.14 bits per heavy atom. The minimum atomic E-state index is -0.423. The van der Waals surface area contributed by atoms with Gasteiger partial charge in [0, 0.05) is 25.7 Å². The lowest BCUT2D eigenvalue weighted by atomic mass is 10.0. The molecular weight excluding hydrogens is 366 g/mol. The van der Waals surface area contributed by atoms with Gasteiger partial charge in [-0.1, -0.05) is 54.1 Å². The van der Waals surface area contributed by atoms with Crippen molar-refractivity contribution in [3.05, 3.63) is 59.7 Å². The average molecular weight is 396 g/mol. The first-order valence-electron chi connectivity index (χ1n) is 10.2. The van der Waals surface area contributed by atoms with Gasteiger partial charge in [-0.15, -0.1) is 0 Å². The predicted molar refractivity (Wildman–Crippen MR) is 114 cm³/mol. The molecule has 2 aromatic carbocycles. The highest BCUT2D eigenvalue weighted by atomic mass is 16.5. The first-order chi connectivity index (χ1) is 14.0. The zero-order valence-corrected chi connectivity index (χ0v) is 17.1. The van der Waals surface area contributed by atoms with Gasteiger partial charge in [-0.2, -0.15) is 0 Å². The van der Waals surface area contributed by atoms with Crippen LogP contribution in [0.25, 0.3) is 11.1 Å². The molecule has 2 aromatic rings. The minimum absolute atomic E-state index is 0.0674. The maximum atomic E-state index is 12.5. The Hall–Kier alpha value is -3.02. The van der Waals surface area contributed by atoms with Crippen LogP contribution in [0.1, 0.15) is 30.9 Å². The molecule has 0 aromatic heterocycles. The molecule has 0 spiro atoms. The molecule has 1 unspecified atom stereocenters. The number of aryl methyl sites for hydroxylation is 1. The molecule has 6 nitrogen and oxygen atoms in total. The Kier molecular flexibility index (Phi) is 7.11. The van der Waals surface area contributed by atoms with Crippen LogP contribution in [0.5, 0.6) is 0 Å². The number of amides is 3. The summed E-state index contributed by atoms with van der Waals surface area (Å²) in [6.45, 7) is 5.86.